The summed E-state index contributed by atoms with van der Waals surface area (Å²) in [6.45, 7) is 0. The van der Waals surface area contributed by atoms with E-state index in [-0.39, 0.29) is 11.3 Å². The van der Waals surface area contributed by atoms with Crippen molar-refractivity contribution in [3.63, 3.8) is 0 Å². The Hall–Kier alpha value is -1.52. The number of aromatic nitrogens is 1. The van der Waals surface area contributed by atoms with Gasteiger partial charge in [0.15, 0.2) is 5.76 Å². The van der Waals surface area contributed by atoms with Crippen LogP contribution >= 0.6 is 23.2 Å². The molecule has 0 unspecified atom stereocenters. The van der Waals surface area contributed by atoms with Crippen LogP contribution in [0.5, 0.6) is 0 Å². The molecule has 0 aliphatic heterocycles. The molecule has 0 aliphatic carbocycles. The molecule has 2 rings (SSSR count). The van der Waals surface area contributed by atoms with E-state index in [9.17, 15) is 4.79 Å². The first-order chi connectivity index (χ1) is 7.59. The monoisotopic (exact) mass is 257 g/mol. The molecule has 16 heavy (non-hydrogen) atoms. The molecule has 0 bridgehead atoms. The maximum atomic E-state index is 10.9. The van der Waals surface area contributed by atoms with Gasteiger partial charge in [-0.25, -0.2) is 4.79 Å². The smallest absolute Gasteiger partial charge is 0.341 e. The Labute approximate surface area is 100 Å². The second kappa shape index (κ2) is 4.15. The van der Waals surface area contributed by atoms with Gasteiger partial charge in [0, 0.05) is 10.6 Å². The zero-order valence-corrected chi connectivity index (χ0v) is 9.29. The van der Waals surface area contributed by atoms with Gasteiger partial charge in [-0.15, -0.1) is 0 Å². The first kappa shape index (κ1) is 11.0. The molecule has 6 heteroatoms. The molecule has 1 N–H and O–H groups in total. The highest BCUT2D eigenvalue weighted by Gasteiger charge is 2.18. The lowest BCUT2D eigenvalue weighted by Crippen LogP contribution is -1.96. The van der Waals surface area contributed by atoms with Crippen molar-refractivity contribution in [3.8, 4) is 11.3 Å². The van der Waals surface area contributed by atoms with Crippen LogP contribution in [-0.4, -0.2) is 16.2 Å². The molecule has 0 spiro atoms. The standard InChI is InChI=1S/C10H5Cl2NO3/c11-5-1-2-6(8(12)3-5)9-7(10(14)15)4-13-16-9/h1-4H,(H,14,15). The van der Waals surface area contributed by atoms with Gasteiger partial charge in [0.2, 0.25) is 0 Å². The quantitative estimate of drug-likeness (QED) is 0.897. The van der Waals surface area contributed by atoms with Crippen LogP contribution in [0.2, 0.25) is 10.0 Å². The molecule has 1 heterocycles. The zero-order chi connectivity index (χ0) is 11.7. The minimum Gasteiger partial charge on any atom is -0.477 e. The molecule has 4 nitrogen and oxygen atoms in total. The van der Waals surface area contributed by atoms with Crippen LogP contribution in [0, 0.1) is 0 Å². The fourth-order valence-electron chi connectivity index (χ4n) is 1.26. The van der Waals surface area contributed by atoms with E-state index in [0.29, 0.717) is 15.6 Å². The summed E-state index contributed by atoms with van der Waals surface area (Å²) in [6, 6.07) is 4.68. The first-order valence-corrected chi connectivity index (χ1v) is 4.98. The number of carboxylic acid groups (broad SMARTS) is 1. The molecule has 0 saturated carbocycles. The van der Waals surface area contributed by atoms with Crippen LogP contribution < -0.4 is 0 Å². The number of carbonyl (C=O) groups is 1. The largest absolute Gasteiger partial charge is 0.477 e. The van der Waals surface area contributed by atoms with E-state index in [2.05, 4.69) is 5.16 Å². The molecule has 0 radical (unpaired) electrons. The van der Waals surface area contributed by atoms with Gasteiger partial charge in [0.1, 0.15) is 5.56 Å². The van der Waals surface area contributed by atoms with Gasteiger partial charge in [-0.05, 0) is 18.2 Å². The second-order valence-electron chi connectivity index (χ2n) is 3.00. The van der Waals surface area contributed by atoms with Crippen molar-refractivity contribution < 1.29 is 14.4 Å². The fourth-order valence-corrected chi connectivity index (χ4v) is 1.75. The molecule has 1 aromatic heterocycles. The van der Waals surface area contributed by atoms with E-state index in [4.69, 9.17) is 32.8 Å². The lowest BCUT2D eigenvalue weighted by atomic mass is 10.1. The summed E-state index contributed by atoms with van der Waals surface area (Å²) in [6.07, 6.45) is 1.13. The Morgan fingerprint density at radius 3 is 2.75 bits per heavy atom. The summed E-state index contributed by atoms with van der Waals surface area (Å²) >= 11 is 11.7. The molecule has 0 fully saturated rings. The number of halogens is 2. The molecular weight excluding hydrogens is 253 g/mol. The average molecular weight is 258 g/mol. The van der Waals surface area contributed by atoms with E-state index in [0.717, 1.165) is 6.20 Å². The van der Waals surface area contributed by atoms with Crippen molar-refractivity contribution in [2.45, 2.75) is 0 Å². The van der Waals surface area contributed by atoms with E-state index in [1.807, 2.05) is 0 Å². The Bertz CT molecular complexity index is 551. The van der Waals surface area contributed by atoms with E-state index in [1.54, 1.807) is 12.1 Å². The Balaban J connectivity index is 2.59. The van der Waals surface area contributed by atoms with Crippen molar-refractivity contribution in [2.75, 3.05) is 0 Å². The predicted molar refractivity (Wildman–Crippen MR) is 58.9 cm³/mol. The highest BCUT2D eigenvalue weighted by atomic mass is 35.5. The summed E-state index contributed by atoms with van der Waals surface area (Å²) in [5.74, 6) is -1.00. The highest BCUT2D eigenvalue weighted by molar-refractivity contribution is 6.36. The Morgan fingerprint density at radius 2 is 2.12 bits per heavy atom. The molecule has 0 atom stereocenters. The van der Waals surface area contributed by atoms with E-state index < -0.39 is 5.97 Å². The number of carboxylic acids is 1. The summed E-state index contributed by atoms with van der Waals surface area (Å²) < 4.78 is 4.87. The second-order valence-corrected chi connectivity index (χ2v) is 3.84. The van der Waals surface area contributed by atoms with Crippen molar-refractivity contribution in [1.29, 1.82) is 0 Å². The predicted octanol–water partition coefficient (Wildman–Crippen LogP) is 3.35. The number of benzene rings is 1. The van der Waals surface area contributed by atoms with Crippen LogP contribution in [0.4, 0.5) is 0 Å². The maximum Gasteiger partial charge on any atom is 0.341 e. The highest BCUT2D eigenvalue weighted by Crippen LogP contribution is 2.32. The Morgan fingerprint density at radius 1 is 1.38 bits per heavy atom. The van der Waals surface area contributed by atoms with Crippen LogP contribution in [-0.2, 0) is 0 Å². The van der Waals surface area contributed by atoms with Gasteiger partial charge < -0.3 is 9.63 Å². The molecule has 1 aromatic carbocycles. The third-order valence-electron chi connectivity index (χ3n) is 1.98. The number of aromatic carboxylic acids is 1. The first-order valence-electron chi connectivity index (χ1n) is 4.23. The van der Waals surface area contributed by atoms with Crippen molar-refractivity contribution >= 4 is 29.2 Å². The van der Waals surface area contributed by atoms with Gasteiger partial charge in [-0.2, -0.15) is 0 Å². The minimum absolute atomic E-state index is 0.0378. The number of hydrogen-bond acceptors (Lipinski definition) is 3. The molecular formula is C10H5Cl2NO3. The Kier molecular flexibility index (Phi) is 2.85. The van der Waals surface area contributed by atoms with Crippen LogP contribution in [0.15, 0.2) is 28.9 Å². The van der Waals surface area contributed by atoms with Crippen LogP contribution in [0.1, 0.15) is 10.4 Å². The average Bonchev–Trinajstić information content (AvgIpc) is 2.66. The summed E-state index contributed by atoms with van der Waals surface area (Å²) in [4.78, 5) is 10.9. The molecule has 0 aliphatic rings. The summed E-state index contributed by atoms with van der Waals surface area (Å²) in [5.41, 5.74) is 0.408. The van der Waals surface area contributed by atoms with Gasteiger partial charge in [-0.3, -0.25) is 0 Å². The maximum absolute atomic E-state index is 10.9. The third-order valence-corrected chi connectivity index (χ3v) is 2.52. The SMILES string of the molecule is O=C(O)c1cnoc1-c1ccc(Cl)cc1Cl. The van der Waals surface area contributed by atoms with Crippen molar-refractivity contribution in [2.24, 2.45) is 0 Å². The fraction of sp³-hybridized carbons (Fsp3) is 0. The number of rotatable bonds is 2. The summed E-state index contributed by atoms with van der Waals surface area (Å²) in [7, 11) is 0. The zero-order valence-electron chi connectivity index (χ0n) is 7.78. The van der Waals surface area contributed by atoms with Crippen LogP contribution in [0.3, 0.4) is 0 Å². The number of hydrogen-bond donors (Lipinski definition) is 1. The van der Waals surface area contributed by atoms with E-state index >= 15 is 0 Å². The van der Waals surface area contributed by atoms with Gasteiger partial charge in [0.05, 0.1) is 11.2 Å². The van der Waals surface area contributed by atoms with Gasteiger partial charge >= 0.3 is 5.97 Å². The topological polar surface area (TPSA) is 63.3 Å². The van der Waals surface area contributed by atoms with E-state index in [1.165, 1.54) is 6.07 Å². The minimum atomic E-state index is -1.12. The number of nitrogens with zero attached hydrogens (tertiary/aromatic N) is 1. The lowest BCUT2D eigenvalue weighted by molar-refractivity contribution is 0.0697. The lowest BCUT2D eigenvalue weighted by Gasteiger charge is -2.01. The van der Waals surface area contributed by atoms with Crippen LogP contribution in [0.25, 0.3) is 11.3 Å². The third kappa shape index (κ3) is 1.89. The normalized spacial score (nSPS) is 10.4. The van der Waals surface area contributed by atoms with Crippen molar-refractivity contribution in [3.05, 3.63) is 40.0 Å². The molecule has 82 valence electrons. The van der Waals surface area contributed by atoms with Crippen molar-refractivity contribution in [1.82, 2.24) is 5.16 Å². The van der Waals surface area contributed by atoms with Gasteiger partial charge in [-0.1, -0.05) is 28.4 Å². The molecule has 0 amide bonds. The molecule has 0 saturated heterocycles. The molecule has 2 aromatic rings. The summed E-state index contributed by atoms with van der Waals surface area (Å²) in [5, 5.41) is 13.1. The van der Waals surface area contributed by atoms with Gasteiger partial charge in [0.25, 0.3) is 0 Å².